The second kappa shape index (κ2) is 7.63. The van der Waals surface area contributed by atoms with Crippen LogP contribution in [-0.2, 0) is 19.6 Å². The largest absolute Gasteiger partial charge is 0.495 e. The number of methoxy groups -OCH3 is 1. The first kappa shape index (κ1) is 19.9. The number of esters is 1. The second-order valence-electron chi connectivity index (χ2n) is 5.97. The number of hydrogen-bond acceptors (Lipinski definition) is 6. The zero-order valence-electron chi connectivity index (χ0n) is 14.3. The van der Waals surface area contributed by atoms with Crippen molar-refractivity contribution in [1.29, 1.82) is 0 Å². The molecule has 134 valence electrons. The number of benzene rings is 1. The topological polar surface area (TPSA) is 111 Å². The van der Waals surface area contributed by atoms with Crippen LogP contribution in [0, 0.1) is 0 Å². The maximum atomic E-state index is 12.5. The molecule has 0 spiro atoms. The van der Waals surface area contributed by atoms with Crippen LogP contribution in [-0.4, -0.2) is 46.6 Å². The smallest absolute Gasteiger partial charge is 0.338 e. The fourth-order valence-corrected chi connectivity index (χ4v) is 3.37. The van der Waals surface area contributed by atoms with Gasteiger partial charge in [-0.25, -0.2) is 17.9 Å². The van der Waals surface area contributed by atoms with Gasteiger partial charge in [-0.15, -0.1) is 0 Å². The van der Waals surface area contributed by atoms with Crippen molar-refractivity contribution < 1.29 is 27.5 Å². The summed E-state index contributed by atoms with van der Waals surface area (Å²) in [5, 5.41) is 2.31. The molecule has 1 amide bonds. The van der Waals surface area contributed by atoms with E-state index in [1.54, 1.807) is 20.8 Å². The van der Waals surface area contributed by atoms with Gasteiger partial charge in [-0.1, -0.05) is 0 Å². The van der Waals surface area contributed by atoms with Crippen LogP contribution in [0.25, 0.3) is 0 Å². The molecule has 0 aliphatic carbocycles. The van der Waals surface area contributed by atoms with Crippen molar-refractivity contribution in [2.45, 2.75) is 31.2 Å². The van der Waals surface area contributed by atoms with Crippen LogP contribution in [0.5, 0.6) is 5.75 Å². The third kappa shape index (κ3) is 5.50. The minimum Gasteiger partial charge on any atom is -0.495 e. The Hall–Kier alpha value is -2.13. The third-order valence-corrected chi connectivity index (χ3v) is 4.52. The van der Waals surface area contributed by atoms with Gasteiger partial charge in [-0.05, 0) is 39.0 Å². The van der Waals surface area contributed by atoms with Gasteiger partial charge in [-0.2, -0.15) is 0 Å². The van der Waals surface area contributed by atoms with Gasteiger partial charge in [0.2, 0.25) is 10.0 Å². The molecule has 1 aromatic carbocycles. The van der Waals surface area contributed by atoms with Crippen molar-refractivity contribution in [1.82, 2.24) is 10.0 Å². The molecule has 1 aromatic rings. The number of amides is 1. The van der Waals surface area contributed by atoms with Crippen molar-refractivity contribution in [3.05, 3.63) is 23.8 Å². The van der Waals surface area contributed by atoms with Crippen LogP contribution in [0.15, 0.2) is 23.1 Å². The van der Waals surface area contributed by atoms with E-state index in [-0.39, 0.29) is 16.2 Å². The quantitative estimate of drug-likeness (QED) is 0.723. The van der Waals surface area contributed by atoms with Gasteiger partial charge in [0, 0.05) is 12.6 Å². The molecule has 0 aliphatic heterocycles. The maximum absolute atomic E-state index is 12.5. The summed E-state index contributed by atoms with van der Waals surface area (Å²) in [6.07, 6.45) is 0. The molecule has 0 atom stereocenters. The first-order valence-electron chi connectivity index (χ1n) is 7.10. The van der Waals surface area contributed by atoms with E-state index in [2.05, 4.69) is 10.0 Å². The SMILES string of the molecule is CNC(=O)COC(=O)c1ccc(OC)c(S(=O)(=O)NC(C)(C)C)c1. The summed E-state index contributed by atoms with van der Waals surface area (Å²) in [4.78, 5) is 22.9. The molecule has 9 heteroatoms. The van der Waals surface area contributed by atoms with Crippen molar-refractivity contribution in [2.75, 3.05) is 20.8 Å². The molecule has 1 rings (SSSR count). The van der Waals surface area contributed by atoms with Crippen LogP contribution in [0.3, 0.4) is 0 Å². The minimum absolute atomic E-state index is 0.00557. The number of likely N-dealkylation sites (N-methyl/N-ethyl adjacent to an activating group) is 1. The Morgan fingerprint density at radius 1 is 1.21 bits per heavy atom. The van der Waals surface area contributed by atoms with Gasteiger partial charge in [0.25, 0.3) is 5.91 Å². The Morgan fingerprint density at radius 2 is 1.83 bits per heavy atom. The van der Waals surface area contributed by atoms with Crippen LogP contribution in [0.1, 0.15) is 31.1 Å². The van der Waals surface area contributed by atoms with Crippen molar-refractivity contribution >= 4 is 21.9 Å². The van der Waals surface area contributed by atoms with Crippen LogP contribution < -0.4 is 14.8 Å². The molecule has 2 N–H and O–H groups in total. The Morgan fingerprint density at radius 3 is 2.33 bits per heavy atom. The zero-order valence-corrected chi connectivity index (χ0v) is 15.1. The number of hydrogen-bond donors (Lipinski definition) is 2. The van der Waals surface area contributed by atoms with Crippen LogP contribution in [0.4, 0.5) is 0 Å². The maximum Gasteiger partial charge on any atom is 0.338 e. The molecular formula is C15H22N2O6S. The lowest BCUT2D eigenvalue weighted by atomic mass is 10.1. The molecule has 0 aliphatic rings. The molecule has 0 saturated heterocycles. The fourth-order valence-electron chi connectivity index (χ4n) is 1.76. The summed E-state index contributed by atoms with van der Waals surface area (Å²) in [6.45, 7) is 4.62. The lowest BCUT2D eigenvalue weighted by Gasteiger charge is -2.21. The van der Waals surface area contributed by atoms with Gasteiger partial charge in [0.15, 0.2) is 6.61 Å². The predicted molar refractivity (Wildman–Crippen MR) is 87.4 cm³/mol. The standard InChI is InChI=1S/C15H22N2O6S/c1-15(2,3)17-24(20,21)12-8-10(6-7-11(12)22-5)14(19)23-9-13(18)16-4/h6-8,17H,9H2,1-5H3,(H,16,18). The zero-order chi connectivity index (χ0) is 18.5. The van der Waals surface area contributed by atoms with Gasteiger partial charge in [0.1, 0.15) is 10.6 Å². The van der Waals surface area contributed by atoms with Crippen LogP contribution >= 0.6 is 0 Å². The van der Waals surface area contributed by atoms with E-state index in [9.17, 15) is 18.0 Å². The van der Waals surface area contributed by atoms with E-state index in [0.717, 1.165) is 6.07 Å². The molecule has 0 aromatic heterocycles. The van der Waals surface area contributed by atoms with E-state index in [1.807, 2.05) is 0 Å². The summed E-state index contributed by atoms with van der Waals surface area (Å²) in [7, 11) is -1.18. The number of carbonyl (C=O) groups excluding carboxylic acids is 2. The number of ether oxygens (including phenoxy) is 2. The first-order valence-corrected chi connectivity index (χ1v) is 8.58. The highest BCUT2D eigenvalue weighted by Crippen LogP contribution is 2.26. The molecule has 0 heterocycles. The van der Waals surface area contributed by atoms with Gasteiger partial charge in [0.05, 0.1) is 12.7 Å². The number of carbonyl (C=O) groups is 2. The summed E-state index contributed by atoms with van der Waals surface area (Å²) < 4.78 is 37.4. The molecule has 0 fully saturated rings. The Labute approximate surface area is 141 Å². The average molecular weight is 358 g/mol. The first-order chi connectivity index (χ1) is 11.0. The minimum atomic E-state index is -3.91. The predicted octanol–water partition coefficient (Wildman–Crippen LogP) is 0.675. The monoisotopic (exact) mass is 358 g/mol. The lowest BCUT2D eigenvalue weighted by Crippen LogP contribution is -2.40. The molecule has 0 bridgehead atoms. The van der Waals surface area contributed by atoms with E-state index in [1.165, 1.54) is 26.3 Å². The van der Waals surface area contributed by atoms with Crippen molar-refractivity contribution in [2.24, 2.45) is 0 Å². The van der Waals surface area contributed by atoms with E-state index >= 15 is 0 Å². The summed E-state index contributed by atoms with van der Waals surface area (Å²) >= 11 is 0. The third-order valence-electron chi connectivity index (χ3n) is 2.74. The summed E-state index contributed by atoms with van der Waals surface area (Å²) in [5.74, 6) is -1.19. The van der Waals surface area contributed by atoms with Crippen molar-refractivity contribution in [3.63, 3.8) is 0 Å². The van der Waals surface area contributed by atoms with Crippen molar-refractivity contribution in [3.8, 4) is 5.75 Å². The molecule has 0 saturated carbocycles. The Balaban J connectivity index is 3.17. The van der Waals surface area contributed by atoms with E-state index in [4.69, 9.17) is 9.47 Å². The summed E-state index contributed by atoms with van der Waals surface area (Å²) in [5.41, 5.74) is -0.714. The molecular weight excluding hydrogens is 336 g/mol. The number of rotatable bonds is 6. The van der Waals surface area contributed by atoms with E-state index < -0.39 is 34.0 Å². The fraction of sp³-hybridized carbons (Fsp3) is 0.467. The van der Waals surface area contributed by atoms with Gasteiger partial charge < -0.3 is 14.8 Å². The number of nitrogens with one attached hydrogen (secondary N) is 2. The molecule has 0 radical (unpaired) electrons. The Bertz CT molecular complexity index is 722. The average Bonchev–Trinajstić information content (AvgIpc) is 2.49. The lowest BCUT2D eigenvalue weighted by molar-refractivity contribution is -0.123. The highest BCUT2D eigenvalue weighted by atomic mass is 32.2. The Kier molecular flexibility index (Phi) is 6.33. The number of sulfonamides is 1. The molecule has 24 heavy (non-hydrogen) atoms. The van der Waals surface area contributed by atoms with Gasteiger partial charge in [-0.3, -0.25) is 4.79 Å². The normalized spacial score (nSPS) is 11.7. The van der Waals surface area contributed by atoms with Crippen LogP contribution in [0.2, 0.25) is 0 Å². The van der Waals surface area contributed by atoms with Gasteiger partial charge >= 0.3 is 5.97 Å². The second-order valence-corrected chi connectivity index (χ2v) is 7.62. The highest BCUT2D eigenvalue weighted by molar-refractivity contribution is 7.89. The molecule has 8 nitrogen and oxygen atoms in total. The summed E-state index contributed by atoms with van der Waals surface area (Å²) in [6, 6.07) is 3.87. The molecule has 0 unspecified atom stereocenters. The van der Waals surface area contributed by atoms with E-state index in [0.29, 0.717) is 0 Å². The highest BCUT2D eigenvalue weighted by Gasteiger charge is 2.26.